The highest BCUT2D eigenvalue weighted by molar-refractivity contribution is 6.33. The molecule has 1 aromatic rings. The van der Waals surface area contributed by atoms with Crippen LogP contribution in [0.5, 0.6) is 0 Å². The van der Waals surface area contributed by atoms with Gasteiger partial charge in [0.05, 0.1) is 10.7 Å². The quantitative estimate of drug-likeness (QED) is 0.850. The smallest absolute Gasteiger partial charge is 0.225 e. The number of nitrogens with one attached hydrogen (secondary N) is 1. The van der Waals surface area contributed by atoms with Crippen molar-refractivity contribution in [2.24, 2.45) is 5.92 Å². The minimum absolute atomic E-state index is 0. The Kier molecular flexibility index (Phi) is 6.75. The van der Waals surface area contributed by atoms with Gasteiger partial charge in [-0.1, -0.05) is 30.2 Å². The summed E-state index contributed by atoms with van der Waals surface area (Å²) in [6.45, 7) is 3.99. The summed E-state index contributed by atoms with van der Waals surface area (Å²) in [5.41, 5.74) is 1.77. The molecule has 0 radical (unpaired) electrons. The Morgan fingerprint density at radius 3 is 2.87 bits per heavy atom. The van der Waals surface area contributed by atoms with Crippen molar-refractivity contribution in [3.8, 4) is 0 Å². The molecule has 3 rings (SSSR count). The number of anilines is 1. The summed E-state index contributed by atoms with van der Waals surface area (Å²) >= 11 is 6.17. The summed E-state index contributed by atoms with van der Waals surface area (Å²) < 4.78 is 0. The SMILES string of the molecule is Cc1cccc(Cl)c1NC(=O)CCN1CCCC2CCCC21.Cl. The Labute approximate surface area is 150 Å². The van der Waals surface area contributed by atoms with E-state index in [1.54, 1.807) is 0 Å². The van der Waals surface area contributed by atoms with E-state index in [0.717, 1.165) is 36.3 Å². The number of carbonyl (C=O) groups is 1. The molecule has 5 heteroatoms. The van der Waals surface area contributed by atoms with Gasteiger partial charge in [-0.2, -0.15) is 0 Å². The molecule has 2 atom stereocenters. The van der Waals surface area contributed by atoms with Gasteiger partial charge in [-0.25, -0.2) is 0 Å². The Hall–Kier alpha value is -0.770. The van der Waals surface area contributed by atoms with Crippen LogP contribution in [0, 0.1) is 12.8 Å². The predicted molar refractivity (Wildman–Crippen MR) is 98.6 cm³/mol. The summed E-state index contributed by atoms with van der Waals surface area (Å²) in [5, 5.41) is 3.59. The van der Waals surface area contributed by atoms with Crippen molar-refractivity contribution in [2.45, 2.75) is 51.5 Å². The highest BCUT2D eigenvalue weighted by Gasteiger charge is 2.34. The van der Waals surface area contributed by atoms with E-state index in [2.05, 4.69) is 10.2 Å². The molecular weight excluding hydrogens is 331 g/mol. The number of amides is 1. The molecule has 1 aliphatic heterocycles. The molecule has 0 aromatic heterocycles. The van der Waals surface area contributed by atoms with Gasteiger partial charge in [0, 0.05) is 19.0 Å². The van der Waals surface area contributed by atoms with E-state index in [1.165, 1.54) is 32.1 Å². The van der Waals surface area contributed by atoms with Crippen molar-refractivity contribution >= 4 is 35.6 Å². The molecule has 1 amide bonds. The Bertz CT molecular complexity index is 530. The summed E-state index contributed by atoms with van der Waals surface area (Å²) in [6, 6.07) is 6.41. The Morgan fingerprint density at radius 1 is 1.30 bits per heavy atom. The number of likely N-dealkylation sites (tertiary alicyclic amines) is 1. The van der Waals surface area contributed by atoms with Crippen molar-refractivity contribution in [1.29, 1.82) is 0 Å². The third-order valence-corrected chi connectivity index (χ3v) is 5.54. The third-order valence-electron chi connectivity index (χ3n) is 5.22. The molecule has 1 saturated carbocycles. The number of carbonyl (C=O) groups excluding carboxylic acids is 1. The molecule has 3 nitrogen and oxygen atoms in total. The number of para-hydroxylation sites is 1. The third kappa shape index (κ3) is 4.40. The van der Waals surface area contributed by atoms with Gasteiger partial charge in [0.25, 0.3) is 0 Å². The lowest BCUT2D eigenvalue weighted by Gasteiger charge is -2.37. The number of aryl methyl sites for hydroxylation is 1. The highest BCUT2D eigenvalue weighted by Crippen LogP contribution is 2.36. The van der Waals surface area contributed by atoms with Gasteiger partial charge in [0.2, 0.25) is 5.91 Å². The highest BCUT2D eigenvalue weighted by atomic mass is 35.5. The molecule has 2 aliphatic rings. The molecule has 0 bridgehead atoms. The first-order chi connectivity index (χ1) is 10.6. The van der Waals surface area contributed by atoms with E-state index in [9.17, 15) is 4.79 Å². The standard InChI is InChI=1S/C18H25ClN2O.ClH/c1-13-5-2-8-15(19)18(13)20-17(22)10-12-21-11-4-7-14-6-3-9-16(14)21;/h2,5,8,14,16H,3-4,6-7,9-12H2,1H3,(H,20,22);1H. The van der Waals surface area contributed by atoms with Crippen LogP contribution >= 0.6 is 24.0 Å². The first-order valence-electron chi connectivity index (χ1n) is 8.44. The fourth-order valence-corrected chi connectivity index (χ4v) is 4.34. The van der Waals surface area contributed by atoms with Gasteiger partial charge in [0.15, 0.2) is 0 Å². The van der Waals surface area contributed by atoms with Crippen LogP contribution in [-0.4, -0.2) is 29.9 Å². The summed E-state index contributed by atoms with van der Waals surface area (Å²) in [5.74, 6) is 0.943. The molecule has 1 N–H and O–H groups in total. The second-order valence-electron chi connectivity index (χ2n) is 6.67. The Balaban J connectivity index is 0.00000192. The average Bonchev–Trinajstić information content (AvgIpc) is 2.98. The van der Waals surface area contributed by atoms with Gasteiger partial charge in [0.1, 0.15) is 0 Å². The van der Waals surface area contributed by atoms with Crippen LogP contribution in [-0.2, 0) is 4.79 Å². The van der Waals surface area contributed by atoms with E-state index in [4.69, 9.17) is 11.6 Å². The van der Waals surface area contributed by atoms with Crippen molar-refractivity contribution in [3.05, 3.63) is 28.8 Å². The zero-order chi connectivity index (χ0) is 15.5. The lowest BCUT2D eigenvalue weighted by atomic mass is 9.92. The second-order valence-corrected chi connectivity index (χ2v) is 7.07. The number of fused-ring (bicyclic) bond motifs is 1. The van der Waals surface area contributed by atoms with E-state index in [0.29, 0.717) is 11.4 Å². The monoisotopic (exact) mass is 356 g/mol. The zero-order valence-corrected chi connectivity index (χ0v) is 15.3. The normalized spacial score (nSPS) is 23.9. The number of nitrogens with zero attached hydrogens (tertiary/aromatic N) is 1. The van der Waals surface area contributed by atoms with Gasteiger partial charge in [-0.05, 0) is 56.7 Å². The molecular formula is C18H26Cl2N2O. The van der Waals surface area contributed by atoms with Gasteiger partial charge in [-0.3, -0.25) is 9.69 Å². The van der Waals surface area contributed by atoms with Crippen LogP contribution in [0.2, 0.25) is 5.02 Å². The molecule has 2 fully saturated rings. The molecule has 2 unspecified atom stereocenters. The van der Waals surface area contributed by atoms with Crippen molar-refractivity contribution in [1.82, 2.24) is 4.90 Å². The van der Waals surface area contributed by atoms with Gasteiger partial charge in [-0.15, -0.1) is 12.4 Å². The van der Waals surface area contributed by atoms with Crippen molar-refractivity contribution in [3.63, 3.8) is 0 Å². The fourth-order valence-electron chi connectivity index (χ4n) is 4.07. The molecule has 23 heavy (non-hydrogen) atoms. The largest absolute Gasteiger partial charge is 0.325 e. The van der Waals surface area contributed by atoms with Crippen LogP contribution in [0.3, 0.4) is 0 Å². The van der Waals surface area contributed by atoms with Gasteiger partial charge >= 0.3 is 0 Å². The predicted octanol–water partition coefficient (Wildman–Crippen LogP) is 4.66. The average molecular weight is 357 g/mol. The van der Waals surface area contributed by atoms with Crippen LogP contribution in [0.15, 0.2) is 18.2 Å². The van der Waals surface area contributed by atoms with Crippen LogP contribution in [0.4, 0.5) is 5.69 Å². The van der Waals surface area contributed by atoms with Crippen LogP contribution in [0.25, 0.3) is 0 Å². The maximum atomic E-state index is 12.3. The van der Waals surface area contributed by atoms with Crippen molar-refractivity contribution < 1.29 is 4.79 Å². The second kappa shape index (κ2) is 8.36. The summed E-state index contributed by atoms with van der Waals surface area (Å²) in [6.07, 6.45) is 7.27. The number of benzene rings is 1. The van der Waals surface area contributed by atoms with Crippen LogP contribution < -0.4 is 5.32 Å². The summed E-state index contributed by atoms with van der Waals surface area (Å²) in [4.78, 5) is 14.8. The van der Waals surface area contributed by atoms with E-state index in [-0.39, 0.29) is 18.3 Å². The number of hydrogen-bond donors (Lipinski definition) is 1. The topological polar surface area (TPSA) is 32.3 Å². The number of rotatable bonds is 4. The lowest BCUT2D eigenvalue weighted by Crippen LogP contribution is -2.43. The maximum absolute atomic E-state index is 12.3. The van der Waals surface area contributed by atoms with E-state index in [1.807, 2.05) is 25.1 Å². The number of hydrogen-bond acceptors (Lipinski definition) is 2. The zero-order valence-electron chi connectivity index (χ0n) is 13.7. The van der Waals surface area contributed by atoms with E-state index < -0.39 is 0 Å². The Morgan fingerprint density at radius 2 is 2.09 bits per heavy atom. The number of halogens is 2. The molecule has 128 valence electrons. The lowest BCUT2D eigenvalue weighted by molar-refractivity contribution is -0.116. The minimum atomic E-state index is 0. The molecule has 1 aromatic carbocycles. The first kappa shape index (κ1) is 18.6. The molecule has 1 aliphatic carbocycles. The van der Waals surface area contributed by atoms with E-state index >= 15 is 0 Å². The number of piperidine rings is 1. The molecule has 1 heterocycles. The molecule has 1 saturated heterocycles. The first-order valence-corrected chi connectivity index (χ1v) is 8.82. The fraction of sp³-hybridized carbons (Fsp3) is 0.611. The van der Waals surface area contributed by atoms with Gasteiger partial charge < -0.3 is 5.32 Å². The minimum Gasteiger partial charge on any atom is -0.325 e. The summed E-state index contributed by atoms with van der Waals surface area (Å²) in [7, 11) is 0. The maximum Gasteiger partial charge on any atom is 0.225 e. The molecule has 0 spiro atoms. The van der Waals surface area contributed by atoms with Crippen molar-refractivity contribution in [2.75, 3.05) is 18.4 Å². The van der Waals surface area contributed by atoms with Crippen LogP contribution in [0.1, 0.15) is 44.1 Å².